The van der Waals surface area contributed by atoms with Gasteiger partial charge in [0.25, 0.3) is 0 Å². The number of hydrogen-bond donors (Lipinski definition) is 2. The summed E-state index contributed by atoms with van der Waals surface area (Å²) in [6.45, 7) is 1.23. The third-order valence-corrected chi connectivity index (χ3v) is 5.20. The number of nitrogens with one attached hydrogen (secondary N) is 1. The number of halogens is 2. The van der Waals surface area contributed by atoms with Crippen LogP contribution in [0.4, 0.5) is 4.39 Å². The highest BCUT2D eigenvalue weighted by Gasteiger charge is 2.24. The maximum absolute atomic E-state index is 14.0. The van der Waals surface area contributed by atoms with Gasteiger partial charge < -0.3 is 5.11 Å². The van der Waals surface area contributed by atoms with Gasteiger partial charge in [-0.25, -0.2) is 17.5 Å². The van der Waals surface area contributed by atoms with Crippen LogP contribution >= 0.6 is 23.4 Å². The van der Waals surface area contributed by atoms with Gasteiger partial charge in [0.15, 0.2) is 0 Å². The van der Waals surface area contributed by atoms with E-state index in [1.54, 1.807) is 0 Å². The van der Waals surface area contributed by atoms with Crippen LogP contribution in [-0.4, -0.2) is 31.6 Å². The van der Waals surface area contributed by atoms with Gasteiger partial charge in [0.05, 0.1) is 6.61 Å². The van der Waals surface area contributed by atoms with Crippen LogP contribution in [0.3, 0.4) is 0 Å². The van der Waals surface area contributed by atoms with Crippen LogP contribution in [0.15, 0.2) is 17.0 Å². The molecule has 0 saturated heterocycles. The fraction of sp³-hybridized carbons (Fsp3) is 0.500. The maximum Gasteiger partial charge on any atom is 0.243 e. The molecule has 1 rings (SSSR count). The molecule has 2 N–H and O–H groups in total. The number of aliphatic hydroxyl groups is 1. The Hall–Kier alpha value is -0.340. The van der Waals surface area contributed by atoms with Gasteiger partial charge >= 0.3 is 0 Å². The van der Waals surface area contributed by atoms with Crippen molar-refractivity contribution in [1.29, 1.82) is 0 Å². The molecule has 114 valence electrons. The highest BCUT2D eigenvalue weighted by atomic mass is 35.5. The summed E-state index contributed by atoms with van der Waals surface area (Å²) < 4.78 is 40.9. The second-order valence-electron chi connectivity index (χ2n) is 4.22. The quantitative estimate of drug-likeness (QED) is 0.799. The summed E-state index contributed by atoms with van der Waals surface area (Å²) in [5, 5.41) is 9.09. The van der Waals surface area contributed by atoms with Crippen LogP contribution in [0.1, 0.15) is 18.9 Å². The van der Waals surface area contributed by atoms with E-state index in [1.807, 2.05) is 13.2 Å². The molecule has 0 aliphatic rings. The Balaban J connectivity index is 3.18. The molecule has 0 aromatic heterocycles. The Morgan fingerprint density at radius 2 is 2.15 bits per heavy atom. The molecule has 0 fully saturated rings. The predicted molar refractivity (Wildman–Crippen MR) is 80.1 cm³/mol. The average Bonchev–Trinajstić information content (AvgIpc) is 2.40. The normalized spacial score (nSPS) is 13.4. The summed E-state index contributed by atoms with van der Waals surface area (Å²) in [4.78, 5) is -0.534. The Kier molecular flexibility index (Phi) is 6.74. The Labute approximate surface area is 127 Å². The molecule has 0 aliphatic carbocycles. The number of aliphatic hydroxyl groups excluding tert-OH is 1. The van der Waals surface area contributed by atoms with Gasteiger partial charge in [-0.05, 0) is 24.8 Å². The molecule has 0 bridgehead atoms. The largest absolute Gasteiger partial charge is 0.392 e. The third-order valence-electron chi connectivity index (χ3n) is 2.72. The monoisotopic (exact) mass is 341 g/mol. The van der Waals surface area contributed by atoms with Crippen LogP contribution in [0.2, 0.25) is 5.02 Å². The molecule has 1 aromatic carbocycles. The summed E-state index contributed by atoms with van der Waals surface area (Å²) >= 11 is 7.26. The number of rotatable bonds is 7. The first kappa shape index (κ1) is 17.7. The molecule has 0 heterocycles. The van der Waals surface area contributed by atoms with Gasteiger partial charge in [-0.3, -0.25) is 0 Å². The fourth-order valence-electron chi connectivity index (χ4n) is 1.65. The van der Waals surface area contributed by atoms with Crippen LogP contribution in [-0.2, 0) is 16.6 Å². The lowest BCUT2D eigenvalue weighted by molar-refractivity contribution is 0.274. The Morgan fingerprint density at radius 3 is 2.65 bits per heavy atom. The molecular formula is C12H17ClFNO3S2. The maximum atomic E-state index is 14.0. The van der Waals surface area contributed by atoms with E-state index in [1.165, 1.54) is 17.8 Å². The van der Waals surface area contributed by atoms with Crippen molar-refractivity contribution in [2.45, 2.75) is 30.9 Å². The highest BCUT2D eigenvalue weighted by Crippen LogP contribution is 2.24. The van der Waals surface area contributed by atoms with Gasteiger partial charge in [-0.2, -0.15) is 11.8 Å². The zero-order chi connectivity index (χ0) is 15.3. The minimum atomic E-state index is -4.01. The van der Waals surface area contributed by atoms with Gasteiger partial charge in [0.2, 0.25) is 10.0 Å². The zero-order valence-corrected chi connectivity index (χ0v) is 13.6. The fourth-order valence-corrected chi connectivity index (χ4v) is 4.25. The molecule has 0 amide bonds. The smallest absolute Gasteiger partial charge is 0.243 e. The van der Waals surface area contributed by atoms with Crippen LogP contribution in [0, 0.1) is 5.82 Å². The lowest BCUT2D eigenvalue weighted by Gasteiger charge is -2.17. The van der Waals surface area contributed by atoms with E-state index in [0.29, 0.717) is 12.2 Å². The summed E-state index contributed by atoms with van der Waals surface area (Å²) in [7, 11) is -4.01. The molecule has 1 unspecified atom stereocenters. The molecule has 4 nitrogen and oxygen atoms in total. The van der Waals surface area contributed by atoms with E-state index in [2.05, 4.69) is 4.72 Å². The minimum Gasteiger partial charge on any atom is -0.392 e. The number of thioether (sulfide) groups is 1. The first-order chi connectivity index (χ1) is 9.35. The summed E-state index contributed by atoms with van der Waals surface area (Å²) in [6, 6.07) is 1.96. The van der Waals surface area contributed by atoms with Gasteiger partial charge in [0.1, 0.15) is 10.7 Å². The first-order valence-corrected chi connectivity index (χ1v) is 9.21. The van der Waals surface area contributed by atoms with E-state index >= 15 is 0 Å². The average molecular weight is 342 g/mol. The lowest BCUT2D eigenvalue weighted by Crippen LogP contribution is -2.36. The minimum absolute atomic E-state index is 0.0636. The molecule has 1 aromatic rings. The van der Waals surface area contributed by atoms with Crippen molar-refractivity contribution in [3.05, 3.63) is 28.5 Å². The molecular weight excluding hydrogens is 325 g/mol. The van der Waals surface area contributed by atoms with E-state index in [0.717, 1.165) is 6.07 Å². The summed E-state index contributed by atoms with van der Waals surface area (Å²) in [5.74, 6) is -0.381. The second kappa shape index (κ2) is 7.61. The third kappa shape index (κ3) is 4.33. The lowest BCUT2D eigenvalue weighted by atomic mass is 10.2. The molecule has 0 radical (unpaired) electrons. The van der Waals surface area contributed by atoms with Gasteiger partial charge in [-0.1, -0.05) is 18.5 Å². The van der Waals surface area contributed by atoms with Crippen molar-refractivity contribution in [2.24, 2.45) is 0 Å². The molecule has 0 spiro atoms. The molecule has 0 aliphatic heterocycles. The van der Waals surface area contributed by atoms with E-state index in [4.69, 9.17) is 16.7 Å². The second-order valence-corrected chi connectivity index (χ2v) is 7.25. The van der Waals surface area contributed by atoms with Gasteiger partial charge in [-0.15, -0.1) is 0 Å². The van der Waals surface area contributed by atoms with Gasteiger partial charge in [0, 0.05) is 22.4 Å². The van der Waals surface area contributed by atoms with Crippen molar-refractivity contribution in [2.75, 3.05) is 12.0 Å². The zero-order valence-electron chi connectivity index (χ0n) is 11.2. The van der Waals surface area contributed by atoms with E-state index in [9.17, 15) is 12.8 Å². The number of sulfonamides is 1. The number of hydrogen-bond acceptors (Lipinski definition) is 4. The van der Waals surface area contributed by atoms with Crippen LogP contribution < -0.4 is 4.72 Å². The van der Waals surface area contributed by atoms with Crippen LogP contribution in [0.25, 0.3) is 0 Å². The molecule has 8 heteroatoms. The predicted octanol–water partition coefficient (Wildman–Crippen LogP) is 2.39. The molecule has 20 heavy (non-hydrogen) atoms. The van der Waals surface area contributed by atoms with Crippen molar-refractivity contribution < 1.29 is 17.9 Å². The summed E-state index contributed by atoms with van der Waals surface area (Å²) in [5.41, 5.74) is -0.143. The summed E-state index contributed by atoms with van der Waals surface area (Å²) in [6.07, 6.45) is 2.45. The van der Waals surface area contributed by atoms with Crippen LogP contribution in [0.5, 0.6) is 0 Å². The van der Waals surface area contributed by atoms with Crippen molar-refractivity contribution >= 4 is 33.4 Å². The Morgan fingerprint density at radius 1 is 1.50 bits per heavy atom. The molecule has 0 saturated carbocycles. The van der Waals surface area contributed by atoms with Crippen molar-refractivity contribution in [1.82, 2.24) is 4.72 Å². The van der Waals surface area contributed by atoms with Crippen molar-refractivity contribution in [3.63, 3.8) is 0 Å². The standard InChI is InChI=1S/C12H17ClFNO3S2/c1-3-10(7-19-2)15-20(17,18)11-5-9(13)4-8(6-16)12(11)14/h4-5,10,15-16H,3,6-7H2,1-2H3. The Bertz CT molecular complexity index is 566. The topological polar surface area (TPSA) is 66.4 Å². The highest BCUT2D eigenvalue weighted by molar-refractivity contribution is 7.98. The first-order valence-electron chi connectivity index (χ1n) is 5.95. The van der Waals surface area contributed by atoms with E-state index < -0.39 is 27.3 Å². The molecule has 1 atom stereocenters. The van der Waals surface area contributed by atoms with E-state index in [-0.39, 0.29) is 16.6 Å². The van der Waals surface area contributed by atoms with Crippen molar-refractivity contribution in [3.8, 4) is 0 Å². The number of benzene rings is 1. The SMILES string of the molecule is CCC(CSC)NS(=O)(=O)c1cc(Cl)cc(CO)c1F.